The van der Waals surface area contributed by atoms with Crippen LogP contribution in [0.5, 0.6) is 5.88 Å². The van der Waals surface area contributed by atoms with Gasteiger partial charge in [-0.1, -0.05) is 12.1 Å². The molecule has 0 bridgehead atoms. The first kappa shape index (κ1) is 23.0. The van der Waals surface area contributed by atoms with Crippen LogP contribution in [0.3, 0.4) is 0 Å². The molecule has 1 fully saturated rings. The fourth-order valence-electron chi connectivity index (χ4n) is 3.85. The summed E-state index contributed by atoms with van der Waals surface area (Å²) in [5, 5.41) is 12.7. The van der Waals surface area contributed by atoms with Crippen LogP contribution in [-0.4, -0.2) is 52.8 Å². The molecule has 5 rings (SSSR count). The van der Waals surface area contributed by atoms with Crippen molar-refractivity contribution in [2.45, 2.75) is 39.0 Å². The van der Waals surface area contributed by atoms with E-state index in [0.717, 1.165) is 25.2 Å². The molecule has 1 aromatic carbocycles. The van der Waals surface area contributed by atoms with Gasteiger partial charge in [-0.2, -0.15) is 9.97 Å². The highest BCUT2D eigenvalue weighted by atomic mass is 16.6. The van der Waals surface area contributed by atoms with Crippen LogP contribution in [0.15, 0.2) is 42.6 Å². The Bertz CT molecular complexity index is 1210. The van der Waals surface area contributed by atoms with Crippen molar-refractivity contribution in [2.24, 2.45) is 0 Å². The zero-order chi connectivity index (χ0) is 24.2. The fourth-order valence-corrected chi connectivity index (χ4v) is 3.85. The minimum atomic E-state index is -0.269. The first-order valence-corrected chi connectivity index (χ1v) is 11.8. The number of hydrogen-bond donors (Lipinski definition) is 4. The van der Waals surface area contributed by atoms with E-state index < -0.39 is 0 Å². The van der Waals surface area contributed by atoms with Crippen LogP contribution in [-0.2, 0) is 17.7 Å². The van der Waals surface area contributed by atoms with Gasteiger partial charge in [-0.25, -0.2) is 4.98 Å². The average Bonchev–Trinajstić information content (AvgIpc) is 2.81. The van der Waals surface area contributed by atoms with Crippen molar-refractivity contribution in [3.05, 3.63) is 59.3 Å². The number of nitrogens with one attached hydrogen (secondary N) is 4. The van der Waals surface area contributed by atoms with Crippen molar-refractivity contribution >= 4 is 29.2 Å². The van der Waals surface area contributed by atoms with Crippen molar-refractivity contribution in [1.82, 2.24) is 25.6 Å². The molecule has 2 aliphatic heterocycles. The number of carbonyl (C=O) groups is 1. The highest BCUT2D eigenvalue weighted by Crippen LogP contribution is 2.25. The van der Waals surface area contributed by atoms with Gasteiger partial charge < -0.3 is 30.7 Å². The number of anilines is 4. The molecule has 0 saturated carbocycles. The van der Waals surface area contributed by atoms with Crippen molar-refractivity contribution in [3.63, 3.8) is 0 Å². The maximum atomic E-state index is 12.8. The van der Waals surface area contributed by atoms with Crippen molar-refractivity contribution < 1.29 is 14.3 Å². The predicted octanol–water partition coefficient (Wildman–Crippen LogP) is 2.92. The summed E-state index contributed by atoms with van der Waals surface area (Å²) in [4.78, 5) is 26.4. The minimum absolute atomic E-state index is 0.00684. The lowest BCUT2D eigenvalue weighted by Crippen LogP contribution is -2.38. The van der Waals surface area contributed by atoms with Gasteiger partial charge in [-0.15, -0.1) is 0 Å². The van der Waals surface area contributed by atoms with Gasteiger partial charge in [0.2, 0.25) is 11.8 Å². The summed E-state index contributed by atoms with van der Waals surface area (Å²) in [7, 11) is 0. The molecule has 0 spiro atoms. The zero-order valence-corrected chi connectivity index (χ0v) is 19.8. The van der Waals surface area contributed by atoms with E-state index in [1.807, 2.05) is 26.0 Å². The number of carbonyl (C=O) groups excluding carboxylic acids is 1. The van der Waals surface area contributed by atoms with Gasteiger partial charge in [0.15, 0.2) is 0 Å². The first-order chi connectivity index (χ1) is 17.0. The minimum Gasteiger partial charge on any atom is -0.469 e. The molecule has 3 aromatic rings. The van der Waals surface area contributed by atoms with Gasteiger partial charge >= 0.3 is 0 Å². The van der Waals surface area contributed by atoms with Gasteiger partial charge in [-0.05, 0) is 56.1 Å². The molecule has 0 atom stereocenters. The molecule has 0 unspecified atom stereocenters. The summed E-state index contributed by atoms with van der Waals surface area (Å²) in [5.41, 5.74) is 3.82. The topological polar surface area (TPSA) is 122 Å². The van der Waals surface area contributed by atoms with Crippen LogP contribution in [0.4, 0.5) is 23.3 Å². The molecule has 4 heterocycles. The lowest BCUT2D eigenvalue weighted by Gasteiger charge is -2.26. The van der Waals surface area contributed by atoms with Crippen molar-refractivity contribution in [3.8, 4) is 5.88 Å². The summed E-state index contributed by atoms with van der Waals surface area (Å²) in [6, 6.07) is 11.6. The Hall–Kier alpha value is -3.76. The highest BCUT2D eigenvalue weighted by molar-refractivity contribution is 5.99. The lowest BCUT2D eigenvalue weighted by atomic mass is 10.0. The summed E-state index contributed by atoms with van der Waals surface area (Å²) < 4.78 is 11.0. The van der Waals surface area contributed by atoms with Crippen LogP contribution >= 0.6 is 0 Å². The van der Waals surface area contributed by atoms with Gasteiger partial charge in [0.1, 0.15) is 23.3 Å². The number of benzene rings is 1. The van der Waals surface area contributed by atoms with Gasteiger partial charge in [0.05, 0.1) is 13.2 Å². The third-order valence-electron chi connectivity index (χ3n) is 5.67. The molecule has 0 aliphatic carbocycles. The number of fused-ring (bicyclic) bond motifs is 1. The van der Waals surface area contributed by atoms with E-state index in [1.54, 1.807) is 12.1 Å². The largest absolute Gasteiger partial charge is 0.469 e. The van der Waals surface area contributed by atoms with Crippen LogP contribution in [0.2, 0.25) is 0 Å². The van der Waals surface area contributed by atoms with E-state index in [-0.39, 0.29) is 18.1 Å². The standard InChI is InChI=1S/C25H29N7O3/c1-15(2)28-24(33)20-12-27-25(29-18-7-6-17-11-26-9-8-16(17)10-18)32-23(20)31-21-4-3-5-22(30-21)35-19-13-34-14-19/h3-7,10,12,15,19,26H,8-9,11,13-14H2,1-2H3,(H,28,33)(H2,27,29,30,31,32). The second-order valence-corrected chi connectivity index (χ2v) is 8.88. The van der Waals surface area contributed by atoms with Crippen molar-refractivity contribution in [2.75, 3.05) is 30.4 Å². The number of pyridine rings is 1. The first-order valence-electron chi connectivity index (χ1n) is 11.8. The monoisotopic (exact) mass is 475 g/mol. The number of hydrogen-bond acceptors (Lipinski definition) is 9. The molecule has 2 aliphatic rings. The number of ether oxygens (including phenoxy) is 2. The number of nitrogens with zero attached hydrogens (tertiary/aromatic N) is 3. The van der Waals surface area contributed by atoms with E-state index in [0.29, 0.717) is 42.2 Å². The molecule has 35 heavy (non-hydrogen) atoms. The van der Waals surface area contributed by atoms with Crippen LogP contribution in [0, 0.1) is 0 Å². The molecule has 2 aromatic heterocycles. The molecular weight excluding hydrogens is 446 g/mol. The summed E-state index contributed by atoms with van der Waals surface area (Å²) in [5.74, 6) is 1.44. The summed E-state index contributed by atoms with van der Waals surface area (Å²) >= 11 is 0. The third kappa shape index (κ3) is 5.67. The van der Waals surface area contributed by atoms with E-state index >= 15 is 0 Å². The van der Waals surface area contributed by atoms with Crippen LogP contribution in [0.25, 0.3) is 0 Å². The molecule has 0 radical (unpaired) electrons. The molecule has 10 nitrogen and oxygen atoms in total. The molecule has 10 heteroatoms. The summed E-state index contributed by atoms with van der Waals surface area (Å²) in [6.45, 7) is 6.76. The molecular formula is C25H29N7O3. The number of amides is 1. The van der Waals surface area contributed by atoms with E-state index in [1.165, 1.54) is 17.3 Å². The Morgan fingerprint density at radius 1 is 1.14 bits per heavy atom. The predicted molar refractivity (Wildman–Crippen MR) is 133 cm³/mol. The SMILES string of the molecule is CC(C)NC(=O)c1cnc(Nc2ccc3c(c2)CCNC3)nc1Nc1cccc(OC2COC2)n1. The van der Waals surface area contributed by atoms with Crippen LogP contribution in [0.1, 0.15) is 35.3 Å². The van der Waals surface area contributed by atoms with Gasteiger partial charge in [0, 0.05) is 30.5 Å². The van der Waals surface area contributed by atoms with E-state index in [2.05, 4.69) is 48.4 Å². The Labute approximate surface area is 203 Å². The van der Waals surface area contributed by atoms with Crippen LogP contribution < -0.4 is 26.0 Å². The summed E-state index contributed by atoms with van der Waals surface area (Å²) in [6.07, 6.45) is 2.50. The normalized spacial score (nSPS) is 15.2. The second kappa shape index (κ2) is 10.2. The third-order valence-corrected chi connectivity index (χ3v) is 5.67. The Kier molecular flexibility index (Phi) is 6.73. The Balaban J connectivity index is 1.40. The maximum absolute atomic E-state index is 12.8. The lowest BCUT2D eigenvalue weighted by molar-refractivity contribution is -0.0812. The quantitative estimate of drug-likeness (QED) is 0.389. The smallest absolute Gasteiger partial charge is 0.256 e. The Morgan fingerprint density at radius 2 is 2.03 bits per heavy atom. The van der Waals surface area contributed by atoms with E-state index in [9.17, 15) is 4.79 Å². The fraction of sp³-hybridized carbons (Fsp3) is 0.360. The number of aromatic nitrogens is 3. The van der Waals surface area contributed by atoms with Gasteiger partial charge in [-0.3, -0.25) is 4.79 Å². The number of rotatable bonds is 8. The molecule has 182 valence electrons. The highest BCUT2D eigenvalue weighted by Gasteiger charge is 2.21. The van der Waals surface area contributed by atoms with Gasteiger partial charge in [0.25, 0.3) is 5.91 Å². The molecule has 1 saturated heterocycles. The average molecular weight is 476 g/mol. The maximum Gasteiger partial charge on any atom is 0.256 e. The van der Waals surface area contributed by atoms with Crippen molar-refractivity contribution in [1.29, 1.82) is 0 Å². The zero-order valence-electron chi connectivity index (χ0n) is 19.8. The molecule has 4 N–H and O–H groups in total. The Morgan fingerprint density at radius 3 is 2.83 bits per heavy atom. The van der Waals surface area contributed by atoms with E-state index in [4.69, 9.17) is 9.47 Å². The molecule has 1 amide bonds. The second-order valence-electron chi connectivity index (χ2n) is 8.88.